The fraction of sp³-hybridized carbons (Fsp3) is 0.846. The molecular weight excluding hydrogens is 392 g/mol. The molecule has 31 heavy (non-hydrogen) atoms. The minimum Gasteiger partial charge on any atom is -0.469 e. The van der Waals surface area contributed by atoms with E-state index in [1.165, 1.54) is 12.7 Å². The highest BCUT2D eigenvalue weighted by atomic mass is 16.6. The molecule has 5 nitrogen and oxygen atoms in total. The molecular formula is C26H40O5. The lowest BCUT2D eigenvalue weighted by molar-refractivity contribution is -0.181. The van der Waals surface area contributed by atoms with Crippen LogP contribution in [0.4, 0.5) is 0 Å². The van der Waals surface area contributed by atoms with Crippen LogP contribution in [0, 0.1) is 40.4 Å². The highest BCUT2D eigenvalue weighted by Crippen LogP contribution is 2.71. The number of hydrogen-bond acceptors (Lipinski definition) is 5. The zero-order valence-electron chi connectivity index (χ0n) is 18.8. The number of aliphatic hydroxyl groups is 1. The molecule has 1 heterocycles. The molecule has 5 rings (SSSR count). The van der Waals surface area contributed by atoms with Gasteiger partial charge >= 0.3 is 11.9 Å². The summed E-state index contributed by atoms with van der Waals surface area (Å²) in [7, 11) is 1.49. The first kappa shape index (κ1) is 22.8. The van der Waals surface area contributed by atoms with Gasteiger partial charge in [-0.1, -0.05) is 39.8 Å². The molecule has 0 radical (unpaired) electrons. The molecule has 0 amide bonds. The van der Waals surface area contributed by atoms with Crippen LogP contribution in [0.25, 0.3) is 0 Å². The molecule has 9 atom stereocenters. The van der Waals surface area contributed by atoms with Crippen molar-refractivity contribution in [3.05, 3.63) is 11.6 Å². The van der Waals surface area contributed by atoms with Gasteiger partial charge in [0.15, 0.2) is 0 Å². The van der Waals surface area contributed by atoms with Crippen molar-refractivity contribution in [1.29, 1.82) is 0 Å². The van der Waals surface area contributed by atoms with Gasteiger partial charge in [0.25, 0.3) is 0 Å². The van der Waals surface area contributed by atoms with Crippen LogP contribution in [0.3, 0.4) is 0 Å². The van der Waals surface area contributed by atoms with Gasteiger partial charge in [0, 0.05) is 11.8 Å². The minimum atomic E-state index is -0.359. The quantitative estimate of drug-likeness (QED) is 0.482. The highest BCUT2D eigenvalue weighted by Gasteiger charge is 2.70. The number of rotatable bonds is 1. The summed E-state index contributed by atoms with van der Waals surface area (Å²) in [4.78, 5) is 25.2. The van der Waals surface area contributed by atoms with E-state index in [-0.39, 0.29) is 53.7 Å². The number of methoxy groups -OCH3 is 1. The lowest BCUT2D eigenvalue weighted by atomic mass is 9.42. The topological polar surface area (TPSA) is 72.8 Å². The smallest absolute Gasteiger partial charge is 0.312 e. The highest BCUT2D eigenvalue weighted by molar-refractivity contribution is 5.76. The third-order valence-electron chi connectivity index (χ3n) is 10.2. The number of fused-ring (bicyclic) bond motifs is 6. The summed E-state index contributed by atoms with van der Waals surface area (Å²) in [6.45, 7) is 7.04. The maximum atomic E-state index is 13.0. The van der Waals surface area contributed by atoms with Gasteiger partial charge in [0.1, 0.15) is 5.60 Å². The number of aliphatic hydroxyl groups excluding tert-OH is 1. The Bertz CT molecular complexity index is 804. The summed E-state index contributed by atoms with van der Waals surface area (Å²) < 4.78 is 11.4. The van der Waals surface area contributed by atoms with Gasteiger partial charge in [0.05, 0.1) is 19.1 Å². The van der Waals surface area contributed by atoms with Crippen molar-refractivity contribution in [1.82, 2.24) is 0 Å². The van der Waals surface area contributed by atoms with Crippen molar-refractivity contribution in [2.45, 2.75) is 91.3 Å². The Labute approximate surface area is 186 Å². The second-order valence-electron chi connectivity index (χ2n) is 11.4. The van der Waals surface area contributed by atoms with Gasteiger partial charge in [-0.3, -0.25) is 9.59 Å². The monoisotopic (exact) mass is 432 g/mol. The standard InChI is InChI=1S/C25H36O5.CH4/c1-14-13-24(3)18(6-9-25(24)10-7-19(27)30-25)20-17(22(28)29-4)12-15-11-16(26)5-8-23(15,2)21(14)20;/h12,14,16-18,20-21,26H,5-11,13H2,1-4H3;1H4/t14-,16+,17-,18?,20+,21+,23+,24+,25?;/m1./s1. The normalized spacial score (nSPS) is 50.5. The maximum Gasteiger partial charge on any atom is 0.312 e. The summed E-state index contributed by atoms with van der Waals surface area (Å²) >= 11 is 0. The van der Waals surface area contributed by atoms with Crippen LogP contribution in [-0.2, 0) is 19.1 Å². The van der Waals surface area contributed by atoms with Crippen LogP contribution in [0.5, 0.6) is 0 Å². The van der Waals surface area contributed by atoms with Gasteiger partial charge in [0.2, 0.25) is 0 Å². The van der Waals surface area contributed by atoms with Gasteiger partial charge < -0.3 is 14.6 Å². The molecule has 5 aliphatic rings. The first-order chi connectivity index (χ1) is 14.1. The SMILES string of the molecule is C.COC(=O)[C@@H]1C=C2C[C@@H](O)CC[C@]2(C)[C@@H]2[C@@H]1C1CCC3(CCC(=O)O3)[C@@]1(C)C[C@H]2C. The zero-order valence-corrected chi connectivity index (χ0v) is 18.8. The minimum absolute atomic E-state index is 0. The molecule has 3 saturated carbocycles. The van der Waals surface area contributed by atoms with E-state index < -0.39 is 0 Å². The number of esters is 2. The summed E-state index contributed by atoms with van der Waals surface area (Å²) in [6, 6.07) is 0. The molecule has 1 N–H and O–H groups in total. The molecule has 4 aliphatic carbocycles. The Kier molecular flexibility index (Phi) is 5.39. The molecule has 0 bridgehead atoms. The van der Waals surface area contributed by atoms with Crippen LogP contribution in [0.1, 0.15) is 79.6 Å². The first-order valence-electron chi connectivity index (χ1n) is 11.8. The number of ether oxygens (including phenoxy) is 2. The average Bonchev–Trinajstić information content (AvgIpc) is 3.21. The van der Waals surface area contributed by atoms with Gasteiger partial charge in [-0.25, -0.2) is 0 Å². The summed E-state index contributed by atoms with van der Waals surface area (Å²) in [5.41, 5.74) is 0.829. The van der Waals surface area contributed by atoms with Crippen molar-refractivity contribution in [3.8, 4) is 0 Å². The van der Waals surface area contributed by atoms with Crippen LogP contribution in [0.2, 0.25) is 0 Å². The van der Waals surface area contributed by atoms with Crippen molar-refractivity contribution < 1.29 is 24.2 Å². The molecule has 174 valence electrons. The molecule has 1 spiro atoms. The van der Waals surface area contributed by atoms with Crippen molar-refractivity contribution in [2.75, 3.05) is 7.11 Å². The molecule has 1 aliphatic heterocycles. The Morgan fingerprint density at radius 2 is 1.97 bits per heavy atom. The summed E-state index contributed by atoms with van der Waals surface area (Å²) in [6.07, 6.45) is 8.62. The largest absolute Gasteiger partial charge is 0.469 e. The van der Waals surface area contributed by atoms with Crippen LogP contribution >= 0.6 is 0 Å². The second-order valence-corrected chi connectivity index (χ2v) is 11.4. The van der Waals surface area contributed by atoms with E-state index in [0.717, 1.165) is 38.5 Å². The van der Waals surface area contributed by atoms with E-state index in [2.05, 4.69) is 26.8 Å². The average molecular weight is 433 g/mol. The Balaban J connectivity index is 0.00000231. The van der Waals surface area contributed by atoms with E-state index in [9.17, 15) is 14.7 Å². The molecule has 1 saturated heterocycles. The third kappa shape index (κ3) is 2.91. The molecule has 5 heteroatoms. The van der Waals surface area contributed by atoms with E-state index in [4.69, 9.17) is 9.47 Å². The number of carbonyl (C=O) groups excluding carboxylic acids is 2. The van der Waals surface area contributed by atoms with Crippen molar-refractivity contribution in [2.24, 2.45) is 40.4 Å². The third-order valence-corrected chi connectivity index (χ3v) is 10.2. The van der Waals surface area contributed by atoms with E-state index in [0.29, 0.717) is 30.6 Å². The Morgan fingerprint density at radius 3 is 2.61 bits per heavy atom. The van der Waals surface area contributed by atoms with Crippen LogP contribution < -0.4 is 0 Å². The molecule has 0 aromatic heterocycles. The Hall–Kier alpha value is -1.36. The molecule has 0 aromatic rings. The zero-order chi connectivity index (χ0) is 21.5. The molecule has 0 aromatic carbocycles. The van der Waals surface area contributed by atoms with Gasteiger partial charge in [-0.15, -0.1) is 0 Å². The van der Waals surface area contributed by atoms with Crippen LogP contribution in [0.15, 0.2) is 11.6 Å². The van der Waals surface area contributed by atoms with Crippen molar-refractivity contribution in [3.63, 3.8) is 0 Å². The van der Waals surface area contributed by atoms with E-state index in [1.54, 1.807) is 0 Å². The van der Waals surface area contributed by atoms with E-state index >= 15 is 0 Å². The number of carbonyl (C=O) groups is 2. The fourth-order valence-electron chi connectivity index (χ4n) is 8.98. The molecule has 2 unspecified atom stereocenters. The molecule has 4 fully saturated rings. The number of hydrogen-bond donors (Lipinski definition) is 1. The first-order valence-corrected chi connectivity index (χ1v) is 11.8. The maximum absolute atomic E-state index is 13.0. The second kappa shape index (κ2) is 7.33. The summed E-state index contributed by atoms with van der Waals surface area (Å²) in [5, 5.41) is 10.4. The van der Waals surface area contributed by atoms with Crippen LogP contribution in [-0.4, -0.2) is 35.9 Å². The van der Waals surface area contributed by atoms with E-state index in [1.807, 2.05) is 0 Å². The predicted octanol–water partition coefficient (Wildman–Crippen LogP) is 4.67. The predicted molar refractivity (Wildman–Crippen MR) is 118 cm³/mol. The van der Waals surface area contributed by atoms with Gasteiger partial charge in [-0.05, 0) is 74.0 Å². The Morgan fingerprint density at radius 1 is 1.23 bits per heavy atom. The summed E-state index contributed by atoms with van der Waals surface area (Å²) in [5.74, 6) is 0.869. The van der Waals surface area contributed by atoms with Crippen molar-refractivity contribution >= 4 is 11.9 Å². The fourth-order valence-corrected chi connectivity index (χ4v) is 8.98. The lowest BCUT2D eigenvalue weighted by Gasteiger charge is -2.62. The van der Waals surface area contributed by atoms with Gasteiger partial charge in [-0.2, -0.15) is 0 Å². The lowest BCUT2D eigenvalue weighted by Crippen LogP contribution is -2.60.